The van der Waals surface area contributed by atoms with Gasteiger partial charge in [-0.3, -0.25) is 10.1 Å². The number of carbonyl (C=O) groups is 1. The Hall–Kier alpha value is -2.24. The number of carbonyl (C=O) groups excluding carboxylic acids is 1. The van der Waals surface area contributed by atoms with Gasteiger partial charge >= 0.3 is 0 Å². The lowest BCUT2D eigenvalue weighted by atomic mass is 10.2. The Labute approximate surface area is 135 Å². The summed E-state index contributed by atoms with van der Waals surface area (Å²) in [7, 11) is 0. The van der Waals surface area contributed by atoms with Gasteiger partial charge in [0.15, 0.2) is 5.11 Å². The highest BCUT2D eigenvalue weighted by Crippen LogP contribution is 2.05. The number of thiocarbonyl (C=S) groups is 1. The van der Waals surface area contributed by atoms with E-state index in [2.05, 4.69) is 5.32 Å². The Morgan fingerprint density at radius 2 is 1.64 bits per heavy atom. The second kappa shape index (κ2) is 8.26. The molecule has 0 aromatic heterocycles. The van der Waals surface area contributed by atoms with E-state index >= 15 is 0 Å². The average molecular weight is 314 g/mol. The fraction of sp³-hybridized carbons (Fsp3) is 0.176. The molecule has 0 aliphatic rings. The fourth-order valence-corrected chi connectivity index (χ4v) is 2.26. The van der Waals surface area contributed by atoms with Gasteiger partial charge in [0.2, 0.25) is 0 Å². The van der Waals surface area contributed by atoms with Crippen LogP contribution in [0.5, 0.6) is 0 Å². The molecule has 0 fully saturated rings. The number of amides is 1. The first kappa shape index (κ1) is 16.1. The number of hydrogen-bond donors (Lipinski definition) is 2. The number of aliphatic hydroxyl groups excluding tert-OH is 1. The normalized spacial score (nSPS) is 10.0. The highest BCUT2D eigenvalue weighted by molar-refractivity contribution is 7.80. The highest BCUT2D eigenvalue weighted by atomic mass is 32.1. The summed E-state index contributed by atoms with van der Waals surface area (Å²) in [5.41, 5.74) is 1.61. The van der Waals surface area contributed by atoms with Crippen LogP contribution in [0, 0.1) is 0 Å². The van der Waals surface area contributed by atoms with E-state index < -0.39 is 0 Å². The third-order valence-corrected chi connectivity index (χ3v) is 3.49. The molecule has 22 heavy (non-hydrogen) atoms. The minimum Gasteiger partial charge on any atom is -0.395 e. The van der Waals surface area contributed by atoms with Gasteiger partial charge in [0.05, 0.1) is 6.61 Å². The molecular weight excluding hydrogens is 296 g/mol. The van der Waals surface area contributed by atoms with Gasteiger partial charge in [-0.15, -0.1) is 0 Å². The van der Waals surface area contributed by atoms with Crippen LogP contribution in [-0.2, 0) is 6.54 Å². The molecular formula is C17H18N2O2S. The van der Waals surface area contributed by atoms with Crippen molar-refractivity contribution in [2.75, 3.05) is 13.2 Å². The molecule has 0 atom stereocenters. The lowest BCUT2D eigenvalue weighted by molar-refractivity contribution is 0.0971. The summed E-state index contributed by atoms with van der Waals surface area (Å²) in [4.78, 5) is 13.9. The summed E-state index contributed by atoms with van der Waals surface area (Å²) in [6.07, 6.45) is 0. The zero-order chi connectivity index (χ0) is 15.8. The Bertz CT molecular complexity index is 617. The molecule has 0 aliphatic heterocycles. The van der Waals surface area contributed by atoms with E-state index in [0.717, 1.165) is 5.56 Å². The predicted octanol–water partition coefficient (Wildman–Crippen LogP) is 2.20. The van der Waals surface area contributed by atoms with E-state index in [9.17, 15) is 9.90 Å². The van der Waals surface area contributed by atoms with Gasteiger partial charge in [-0.2, -0.15) is 0 Å². The van der Waals surface area contributed by atoms with Gasteiger partial charge in [0.1, 0.15) is 0 Å². The molecule has 0 radical (unpaired) electrons. The maximum atomic E-state index is 12.1. The van der Waals surface area contributed by atoms with Crippen molar-refractivity contribution in [3.05, 3.63) is 71.8 Å². The lowest BCUT2D eigenvalue weighted by Gasteiger charge is -2.24. The van der Waals surface area contributed by atoms with Crippen molar-refractivity contribution in [2.24, 2.45) is 0 Å². The van der Waals surface area contributed by atoms with Gasteiger partial charge in [0.25, 0.3) is 5.91 Å². The van der Waals surface area contributed by atoms with Crippen LogP contribution >= 0.6 is 12.2 Å². The predicted molar refractivity (Wildman–Crippen MR) is 90.4 cm³/mol. The molecule has 0 unspecified atom stereocenters. The maximum absolute atomic E-state index is 12.1. The molecule has 4 nitrogen and oxygen atoms in total. The number of aliphatic hydroxyl groups is 1. The van der Waals surface area contributed by atoms with Crippen LogP contribution in [0.1, 0.15) is 15.9 Å². The molecule has 0 spiro atoms. The molecule has 2 aromatic carbocycles. The highest BCUT2D eigenvalue weighted by Gasteiger charge is 2.13. The van der Waals surface area contributed by atoms with E-state index in [4.69, 9.17) is 12.2 Å². The van der Waals surface area contributed by atoms with Crippen molar-refractivity contribution in [1.29, 1.82) is 0 Å². The van der Waals surface area contributed by atoms with E-state index in [0.29, 0.717) is 23.8 Å². The Balaban J connectivity index is 2.02. The summed E-state index contributed by atoms with van der Waals surface area (Å²) in [6, 6.07) is 18.7. The number of rotatable bonds is 5. The van der Waals surface area contributed by atoms with Gasteiger partial charge < -0.3 is 10.0 Å². The molecule has 2 rings (SSSR count). The van der Waals surface area contributed by atoms with Crippen molar-refractivity contribution in [1.82, 2.24) is 10.2 Å². The first-order valence-electron chi connectivity index (χ1n) is 7.01. The van der Waals surface area contributed by atoms with E-state index in [1.54, 1.807) is 29.2 Å². The topological polar surface area (TPSA) is 52.6 Å². The van der Waals surface area contributed by atoms with Gasteiger partial charge in [-0.25, -0.2) is 0 Å². The molecule has 1 amide bonds. The molecule has 2 aromatic rings. The molecule has 0 saturated heterocycles. The van der Waals surface area contributed by atoms with E-state index in [1.165, 1.54) is 0 Å². The summed E-state index contributed by atoms with van der Waals surface area (Å²) in [6.45, 7) is 0.867. The quantitative estimate of drug-likeness (QED) is 0.831. The van der Waals surface area contributed by atoms with Crippen LogP contribution < -0.4 is 5.32 Å². The Morgan fingerprint density at radius 3 is 2.23 bits per heavy atom. The first-order chi connectivity index (χ1) is 10.7. The number of nitrogens with zero attached hydrogens (tertiary/aromatic N) is 1. The minimum absolute atomic E-state index is 0.0336. The molecule has 114 valence electrons. The summed E-state index contributed by atoms with van der Waals surface area (Å²) >= 11 is 5.30. The monoisotopic (exact) mass is 314 g/mol. The fourth-order valence-electron chi connectivity index (χ4n) is 2.01. The van der Waals surface area contributed by atoms with Gasteiger partial charge in [-0.1, -0.05) is 48.5 Å². The van der Waals surface area contributed by atoms with Crippen LogP contribution in [0.4, 0.5) is 0 Å². The van der Waals surface area contributed by atoms with Crippen LogP contribution in [0.2, 0.25) is 0 Å². The van der Waals surface area contributed by atoms with Crippen molar-refractivity contribution in [3.8, 4) is 0 Å². The van der Waals surface area contributed by atoms with Crippen molar-refractivity contribution >= 4 is 23.2 Å². The van der Waals surface area contributed by atoms with Crippen LogP contribution in [0.25, 0.3) is 0 Å². The lowest BCUT2D eigenvalue weighted by Crippen LogP contribution is -2.43. The molecule has 0 heterocycles. The maximum Gasteiger partial charge on any atom is 0.257 e. The summed E-state index contributed by atoms with van der Waals surface area (Å²) < 4.78 is 0. The molecule has 5 heteroatoms. The SMILES string of the molecule is O=C(NC(=S)N(CCO)Cc1ccccc1)c1ccccc1. The van der Waals surface area contributed by atoms with E-state index in [-0.39, 0.29) is 12.5 Å². The standard InChI is InChI=1S/C17H18N2O2S/c20-12-11-19(13-14-7-3-1-4-8-14)17(22)18-16(21)15-9-5-2-6-10-15/h1-10,20H,11-13H2,(H,18,21,22). The number of hydrogen-bond acceptors (Lipinski definition) is 3. The van der Waals surface area contributed by atoms with Crippen molar-refractivity contribution in [3.63, 3.8) is 0 Å². The van der Waals surface area contributed by atoms with Crippen LogP contribution in [0.3, 0.4) is 0 Å². The average Bonchev–Trinajstić information content (AvgIpc) is 2.56. The van der Waals surface area contributed by atoms with Crippen molar-refractivity contribution in [2.45, 2.75) is 6.54 Å². The Morgan fingerprint density at radius 1 is 1.05 bits per heavy atom. The third kappa shape index (κ3) is 4.65. The zero-order valence-corrected chi connectivity index (χ0v) is 12.9. The Kier molecular flexibility index (Phi) is 6.06. The molecule has 0 aliphatic carbocycles. The third-order valence-electron chi connectivity index (χ3n) is 3.13. The zero-order valence-electron chi connectivity index (χ0n) is 12.1. The number of benzene rings is 2. The van der Waals surface area contributed by atoms with E-state index in [1.807, 2.05) is 36.4 Å². The smallest absolute Gasteiger partial charge is 0.257 e. The van der Waals surface area contributed by atoms with Crippen molar-refractivity contribution < 1.29 is 9.90 Å². The second-order valence-corrected chi connectivity index (χ2v) is 5.14. The van der Waals surface area contributed by atoms with Crippen LogP contribution in [-0.4, -0.2) is 34.2 Å². The summed E-state index contributed by atoms with van der Waals surface area (Å²) in [5.74, 6) is -0.249. The van der Waals surface area contributed by atoms with Crippen LogP contribution in [0.15, 0.2) is 60.7 Å². The first-order valence-corrected chi connectivity index (χ1v) is 7.41. The van der Waals surface area contributed by atoms with Gasteiger partial charge in [0, 0.05) is 18.7 Å². The molecule has 0 saturated carbocycles. The minimum atomic E-state index is -0.249. The largest absolute Gasteiger partial charge is 0.395 e. The molecule has 2 N–H and O–H groups in total. The van der Waals surface area contributed by atoms with Gasteiger partial charge in [-0.05, 0) is 29.9 Å². The molecule has 0 bridgehead atoms. The summed E-state index contributed by atoms with van der Waals surface area (Å²) in [5, 5.41) is 12.2. The number of nitrogens with one attached hydrogen (secondary N) is 1. The second-order valence-electron chi connectivity index (χ2n) is 4.76.